The number of carbonyl (C=O) groups excluding carboxylic acids is 1. The van der Waals surface area contributed by atoms with Gasteiger partial charge in [0.2, 0.25) is 0 Å². The second-order valence-corrected chi connectivity index (χ2v) is 4.59. The molecule has 0 spiro atoms. The van der Waals surface area contributed by atoms with Gasteiger partial charge in [-0.1, -0.05) is 19.1 Å². The molecule has 0 aliphatic heterocycles. The van der Waals surface area contributed by atoms with Crippen LogP contribution in [0.15, 0.2) is 24.3 Å². The second-order valence-electron chi connectivity index (χ2n) is 4.59. The fraction of sp³-hybridized carbons (Fsp3) is 0.500. The van der Waals surface area contributed by atoms with Crippen molar-refractivity contribution in [1.29, 1.82) is 0 Å². The van der Waals surface area contributed by atoms with E-state index in [2.05, 4.69) is 5.32 Å². The summed E-state index contributed by atoms with van der Waals surface area (Å²) in [5.74, 6) is 0.570. The fourth-order valence-electron chi connectivity index (χ4n) is 1.56. The van der Waals surface area contributed by atoms with E-state index in [1.165, 1.54) is 0 Å². The summed E-state index contributed by atoms with van der Waals surface area (Å²) < 4.78 is 5.38. The average molecular weight is 250 g/mol. The molecular weight excluding hydrogens is 228 g/mol. The zero-order valence-corrected chi connectivity index (χ0v) is 11.3. The van der Waals surface area contributed by atoms with Crippen molar-refractivity contribution >= 4 is 5.91 Å². The molecule has 4 heteroatoms. The van der Waals surface area contributed by atoms with Gasteiger partial charge in [0.05, 0.1) is 0 Å². The molecule has 1 aromatic rings. The van der Waals surface area contributed by atoms with Gasteiger partial charge >= 0.3 is 0 Å². The van der Waals surface area contributed by atoms with Crippen molar-refractivity contribution < 1.29 is 9.53 Å². The summed E-state index contributed by atoms with van der Waals surface area (Å²) in [4.78, 5) is 11.4. The lowest BCUT2D eigenvalue weighted by Gasteiger charge is -2.12. The topological polar surface area (TPSA) is 64.3 Å². The lowest BCUT2D eigenvalue weighted by molar-refractivity contribution is -0.123. The first-order chi connectivity index (χ1) is 8.52. The van der Waals surface area contributed by atoms with Gasteiger partial charge < -0.3 is 15.8 Å². The molecule has 0 saturated heterocycles. The predicted molar refractivity (Wildman–Crippen MR) is 72.4 cm³/mol. The Morgan fingerprint density at radius 1 is 1.33 bits per heavy atom. The Hall–Kier alpha value is -1.55. The fourth-order valence-corrected chi connectivity index (χ4v) is 1.56. The third-order valence-electron chi connectivity index (χ3n) is 2.57. The summed E-state index contributed by atoms with van der Waals surface area (Å²) in [7, 11) is 0. The van der Waals surface area contributed by atoms with Crippen LogP contribution in [0.5, 0.6) is 5.75 Å². The van der Waals surface area contributed by atoms with Crippen molar-refractivity contribution in [2.45, 2.75) is 39.3 Å². The van der Waals surface area contributed by atoms with Gasteiger partial charge in [0, 0.05) is 12.1 Å². The quantitative estimate of drug-likeness (QED) is 0.811. The van der Waals surface area contributed by atoms with Gasteiger partial charge in [0.15, 0.2) is 6.61 Å². The number of benzene rings is 1. The van der Waals surface area contributed by atoms with Gasteiger partial charge in [0.1, 0.15) is 5.75 Å². The third kappa shape index (κ3) is 4.75. The van der Waals surface area contributed by atoms with Crippen LogP contribution in [0.2, 0.25) is 0 Å². The van der Waals surface area contributed by atoms with Crippen LogP contribution >= 0.6 is 0 Å². The van der Waals surface area contributed by atoms with E-state index in [-0.39, 0.29) is 24.6 Å². The largest absolute Gasteiger partial charge is 0.484 e. The SMILES string of the molecule is CCC(N)c1ccc(OCC(=O)NC(C)C)cc1. The summed E-state index contributed by atoms with van der Waals surface area (Å²) in [6.45, 7) is 5.92. The molecule has 18 heavy (non-hydrogen) atoms. The molecule has 1 amide bonds. The van der Waals surface area contributed by atoms with E-state index < -0.39 is 0 Å². The van der Waals surface area contributed by atoms with Crippen LogP contribution < -0.4 is 15.8 Å². The van der Waals surface area contributed by atoms with Crippen LogP contribution in [0.25, 0.3) is 0 Å². The molecule has 3 N–H and O–H groups in total. The summed E-state index contributed by atoms with van der Waals surface area (Å²) in [6.07, 6.45) is 0.900. The molecule has 0 radical (unpaired) electrons. The highest BCUT2D eigenvalue weighted by Gasteiger charge is 2.06. The molecule has 100 valence electrons. The number of hydrogen-bond donors (Lipinski definition) is 2. The summed E-state index contributed by atoms with van der Waals surface area (Å²) in [6, 6.07) is 7.74. The van der Waals surface area contributed by atoms with Crippen LogP contribution in [0, 0.1) is 0 Å². The van der Waals surface area contributed by atoms with Crippen molar-refractivity contribution in [2.75, 3.05) is 6.61 Å². The van der Waals surface area contributed by atoms with Crippen LogP contribution in [0.4, 0.5) is 0 Å². The summed E-state index contributed by atoms with van der Waals surface area (Å²) in [5.41, 5.74) is 7.00. The Bertz CT molecular complexity index is 374. The average Bonchev–Trinajstić information content (AvgIpc) is 2.35. The van der Waals surface area contributed by atoms with Crippen LogP contribution in [0.3, 0.4) is 0 Å². The van der Waals surface area contributed by atoms with E-state index in [1.807, 2.05) is 45.0 Å². The molecule has 0 bridgehead atoms. The molecule has 1 rings (SSSR count). The molecule has 1 atom stereocenters. The molecule has 1 aromatic carbocycles. The number of nitrogens with two attached hydrogens (primary N) is 1. The molecule has 4 nitrogen and oxygen atoms in total. The summed E-state index contributed by atoms with van der Waals surface area (Å²) >= 11 is 0. The first-order valence-corrected chi connectivity index (χ1v) is 6.30. The van der Waals surface area contributed by atoms with Gasteiger partial charge in [-0.2, -0.15) is 0 Å². The van der Waals surface area contributed by atoms with Crippen molar-refractivity contribution in [1.82, 2.24) is 5.32 Å². The lowest BCUT2D eigenvalue weighted by Crippen LogP contribution is -2.34. The van der Waals surface area contributed by atoms with Crippen molar-refractivity contribution in [2.24, 2.45) is 5.73 Å². The zero-order chi connectivity index (χ0) is 13.5. The van der Waals surface area contributed by atoms with Gasteiger partial charge in [-0.25, -0.2) is 0 Å². The van der Waals surface area contributed by atoms with E-state index >= 15 is 0 Å². The molecule has 0 aliphatic carbocycles. The van der Waals surface area contributed by atoms with Gasteiger partial charge in [0.25, 0.3) is 5.91 Å². The van der Waals surface area contributed by atoms with E-state index in [0.717, 1.165) is 12.0 Å². The number of ether oxygens (including phenoxy) is 1. The maximum Gasteiger partial charge on any atom is 0.258 e. The minimum absolute atomic E-state index is 0.0390. The van der Waals surface area contributed by atoms with Crippen LogP contribution in [0.1, 0.15) is 38.8 Å². The molecule has 0 fully saturated rings. The maximum absolute atomic E-state index is 11.4. The zero-order valence-electron chi connectivity index (χ0n) is 11.3. The third-order valence-corrected chi connectivity index (χ3v) is 2.57. The Labute approximate surface area is 109 Å². The normalized spacial score (nSPS) is 12.3. The first kappa shape index (κ1) is 14.5. The Morgan fingerprint density at radius 2 is 1.94 bits per heavy atom. The minimum Gasteiger partial charge on any atom is -0.484 e. The highest BCUT2D eigenvalue weighted by atomic mass is 16.5. The molecule has 0 aromatic heterocycles. The van der Waals surface area contributed by atoms with Gasteiger partial charge in [-0.05, 0) is 38.0 Å². The van der Waals surface area contributed by atoms with Crippen molar-refractivity contribution in [3.05, 3.63) is 29.8 Å². The number of nitrogens with one attached hydrogen (secondary N) is 1. The second kappa shape index (κ2) is 7.01. The number of rotatable bonds is 6. The Balaban J connectivity index is 2.46. The highest BCUT2D eigenvalue weighted by Crippen LogP contribution is 2.18. The maximum atomic E-state index is 11.4. The Kier molecular flexibility index (Phi) is 5.65. The summed E-state index contributed by atoms with van der Waals surface area (Å²) in [5, 5.41) is 2.77. The first-order valence-electron chi connectivity index (χ1n) is 6.30. The monoisotopic (exact) mass is 250 g/mol. The molecule has 1 unspecified atom stereocenters. The number of amides is 1. The smallest absolute Gasteiger partial charge is 0.258 e. The molecule has 0 heterocycles. The van der Waals surface area contributed by atoms with E-state index in [1.54, 1.807) is 0 Å². The van der Waals surface area contributed by atoms with Crippen molar-refractivity contribution in [3.63, 3.8) is 0 Å². The van der Waals surface area contributed by atoms with E-state index in [0.29, 0.717) is 5.75 Å². The highest BCUT2D eigenvalue weighted by molar-refractivity contribution is 5.77. The van der Waals surface area contributed by atoms with E-state index in [9.17, 15) is 4.79 Å². The Morgan fingerprint density at radius 3 is 2.44 bits per heavy atom. The number of carbonyl (C=O) groups is 1. The number of hydrogen-bond acceptors (Lipinski definition) is 3. The van der Waals surface area contributed by atoms with Crippen molar-refractivity contribution in [3.8, 4) is 5.75 Å². The molecule has 0 saturated carbocycles. The standard InChI is InChI=1S/C14H22N2O2/c1-4-13(15)11-5-7-12(8-6-11)18-9-14(17)16-10(2)3/h5-8,10,13H,4,9,15H2,1-3H3,(H,16,17). The van der Waals surface area contributed by atoms with E-state index in [4.69, 9.17) is 10.5 Å². The van der Waals surface area contributed by atoms with Gasteiger partial charge in [-0.15, -0.1) is 0 Å². The molecule has 0 aliphatic rings. The molecular formula is C14H22N2O2. The van der Waals surface area contributed by atoms with Gasteiger partial charge in [-0.3, -0.25) is 4.79 Å². The van der Waals surface area contributed by atoms with Crippen LogP contribution in [-0.2, 0) is 4.79 Å². The van der Waals surface area contributed by atoms with Crippen LogP contribution in [-0.4, -0.2) is 18.6 Å². The lowest BCUT2D eigenvalue weighted by atomic mass is 10.1. The minimum atomic E-state index is -0.112. The predicted octanol–water partition coefficient (Wildman–Crippen LogP) is 2.00.